The molecule has 1 heterocycles. The number of methoxy groups -OCH3 is 1. The summed E-state index contributed by atoms with van der Waals surface area (Å²) >= 11 is 0. The summed E-state index contributed by atoms with van der Waals surface area (Å²) in [5.41, 5.74) is 1.26. The predicted molar refractivity (Wildman–Crippen MR) is 72.0 cm³/mol. The summed E-state index contributed by atoms with van der Waals surface area (Å²) in [5, 5.41) is 0. The van der Waals surface area contributed by atoms with E-state index < -0.39 is 0 Å². The molecular weight excluding hydrogens is 212 g/mol. The third kappa shape index (κ3) is 4.49. The first-order valence-corrected chi connectivity index (χ1v) is 6.29. The largest absolute Gasteiger partial charge is 0.381 e. The van der Waals surface area contributed by atoms with Gasteiger partial charge in [0.05, 0.1) is 18.8 Å². The van der Waals surface area contributed by atoms with E-state index in [1.165, 1.54) is 5.57 Å². The van der Waals surface area contributed by atoms with E-state index in [9.17, 15) is 0 Å². The van der Waals surface area contributed by atoms with E-state index >= 15 is 0 Å². The first-order valence-electron chi connectivity index (χ1n) is 6.29. The highest BCUT2D eigenvalue weighted by Gasteiger charge is 2.28. The molecule has 1 aliphatic rings. The maximum atomic E-state index is 5.84. The number of hydrogen-bond acceptors (Lipinski definition) is 2. The molecule has 0 unspecified atom stereocenters. The highest BCUT2D eigenvalue weighted by Crippen LogP contribution is 2.25. The highest BCUT2D eigenvalue weighted by molar-refractivity contribution is 5.18. The molecule has 17 heavy (non-hydrogen) atoms. The topological polar surface area (TPSA) is 18.5 Å². The average molecular weight is 236 g/mol. The normalized spacial score (nSPS) is 31.5. The minimum atomic E-state index is 0.200. The van der Waals surface area contributed by atoms with E-state index in [4.69, 9.17) is 9.47 Å². The molecule has 1 fully saturated rings. The lowest BCUT2D eigenvalue weighted by Crippen LogP contribution is -2.37. The molecule has 0 aliphatic carbocycles. The Labute approximate surface area is 105 Å². The van der Waals surface area contributed by atoms with Gasteiger partial charge in [-0.3, -0.25) is 0 Å². The van der Waals surface area contributed by atoms with Crippen LogP contribution in [-0.4, -0.2) is 25.9 Å². The van der Waals surface area contributed by atoms with E-state index in [-0.39, 0.29) is 6.10 Å². The Kier molecular flexibility index (Phi) is 6.23. The van der Waals surface area contributed by atoms with E-state index in [1.807, 2.05) is 25.2 Å². The predicted octanol–water partition coefficient (Wildman–Crippen LogP) is 3.51. The van der Waals surface area contributed by atoms with Crippen LogP contribution in [0.15, 0.2) is 36.0 Å². The molecule has 0 aromatic heterocycles. The van der Waals surface area contributed by atoms with Crippen molar-refractivity contribution in [2.24, 2.45) is 5.92 Å². The van der Waals surface area contributed by atoms with Crippen molar-refractivity contribution < 1.29 is 9.47 Å². The van der Waals surface area contributed by atoms with Crippen molar-refractivity contribution in [3.05, 3.63) is 36.0 Å². The molecule has 96 valence electrons. The molecule has 2 heteroatoms. The highest BCUT2D eigenvalue weighted by atomic mass is 16.5. The fraction of sp³-hybridized carbons (Fsp3) is 0.600. The summed E-state index contributed by atoms with van der Waals surface area (Å²) in [6.45, 7) is 7.09. The maximum Gasteiger partial charge on any atom is 0.0810 e. The average Bonchev–Trinajstić information content (AvgIpc) is 2.35. The standard InChI is InChI=1S/C15H24O2/c1-5-6-7-8-9-12(2)15-10-14(16-4)13(3)11-17-15/h5-9,13-15H,10-11H2,1-4H3/b6-5+,8-7+,12-9+/t13-,14+,15+/m1/s1. The zero-order chi connectivity index (χ0) is 12.7. The SMILES string of the molecule is C/C=C/C=C/C=C(\C)[C@@H]1C[C@H](OC)[C@H](C)CO1. The van der Waals surface area contributed by atoms with Crippen LogP contribution in [0.4, 0.5) is 0 Å². The van der Waals surface area contributed by atoms with Crippen molar-refractivity contribution in [2.75, 3.05) is 13.7 Å². The minimum absolute atomic E-state index is 0.200. The number of hydrogen-bond donors (Lipinski definition) is 0. The van der Waals surface area contributed by atoms with Gasteiger partial charge >= 0.3 is 0 Å². The van der Waals surface area contributed by atoms with Gasteiger partial charge < -0.3 is 9.47 Å². The summed E-state index contributed by atoms with van der Waals surface area (Å²) < 4.78 is 11.3. The second-order valence-electron chi connectivity index (χ2n) is 4.63. The van der Waals surface area contributed by atoms with Gasteiger partial charge in [-0.15, -0.1) is 0 Å². The van der Waals surface area contributed by atoms with Gasteiger partial charge in [-0.1, -0.05) is 37.3 Å². The molecule has 1 rings (SSSR count). The summed E-state index contributed by atoms with van der Waals surface area (Å²) in [6.07, 6.45) is 11.7. The van der Waals surface area contributed by atoms with Crippen LogP contribution < -0.4 is 0 Å². The number of ether oxygens (including phenoxy) is 2. The van der Waals surface area contributed by atoms with Crippen LogP contribution in [-0.2, 0) is 9.47 Å². The van der Waals surface area contributed by atoms with E-state index in [2.05, 4.69) is 26.0 Å². The molecule has 0 amide bonds. The van der Waals surface area contributed by atoms with Crippen LogP contribution in [0, 0.1) is 5.92 Å². The second-order valence-corrected chi connectivity index (χ2v) is 4.63. The first-order chi connectivity index (χ1) is 8.19. The zero-order valence-electron chi connectivity index (χ0n) is 11.3. The first kappa shape index (κ1) is 14.2. The lowest BCUT2D eigenvalue weighted by atomic mass is 9.93. The van der Waals surface area contributed by atoms with Crippen LogP contribution in [0.3, 0.4) is 0 Å². The van der Waals surface area contributed by atoms with Crippen molar-refractivity contribution in [2.45, 2.75) is 39.4 Å². The van der Waals surface area contributed by atoms with E-state index in [0.717, 1.165) is 13.0 Å². The maximum absolute atomic E-state index is 5.84. The minimum Gasteiger partial charge on any atom is -0.381 e. The van der Waals surface area contributed by atoms with Crippen LogP contribution in [0.5, 0.6) is 0 Å². The fourth-order valence-corrected chi connectivity index (χ4v) is 2.02. The third-order valence-electron chi connectivity index (χ3n) is 3.23. The van der Waals surface area contributed by atoms with Crippen molar-refractivity contribution in [1.29, 1.82) is 0 Å². The van der Waals surface area contributed by atoms with Gasteiger partial charge in [0.2, 0.25) is 0 Å². The van der Waals surface area contributed by atoms with E-state index in [0.29, 0.717) is 12.0 Å². The number of allylic oxidation sites excluding steroid dienone is 5. The molecule has 0 radical (unpaired) electrons. The Balaban J connectivity index is 2.55. The molecule has 0 bridgehead atoms. The van der Waals surface area contributed by atoms with Gasteiger partial charge in [0.25, 0.3) is 0 Å². The lowest BCUT2D eigenvalue weighted by Gasteiger charge is -2.34. The number of rotatable bonds is 4. The van der Waals surface area contributed by atoms with Crippen LogP contribution in [0.25, 0.3) is 0 Å². The van der Waals surface area contributed by atoms with Gasteiger partial charge in [-0.05, 0) is 19.4 Å². The van der Waals surface area contributed by atoms with Crippen molar-refractivity contribution in [1.82, 2.24) is 0 Å². The zero-order valence-corrected chi connectivity index (χ0v) is 11.3. The fourth-order valence-electron chi connectivity index (χ4n) is 2.02. The van der Waals surface area contributed by atoms with Crippen molar-refractivity contribution in [3.8, 4) is 0 Å². The van der Waals surface area contributed by atoms with Gasteiger partial charge in [-0.25, -0.2) is 0 Å². The third-order valence-corrected chi connectivity index (χ3v) is 3.23. The summed E-state index contributed by atoms with van der Waals surface area (Å²) in [7, 11) is 1.79. The van der Waals surface area contributed by atoms with Gasteiger partial charge in [0.15, 0.2) is 0 Å². The molecule has 0 aromatic carbocycles. The Morgan fingerprint density at radius 3 is 2.71 bits per heavy atom. The lowest BCUT2D eigenvalue weighted by molar-refractivity contribution is -0.0788. The quantitative estimate of drug-likeness (QED) is 0.695. The monoisotopic (exact) mass is 236 g/mol. The molecule has 0 spiro atoms. The van der Waals surface area contributed by atoms with Gasteiger partial charge in [-0.2, -0.15) is 0 Å². The van der Waals surface area contributed by atoms with Crippen LogP contribution in [0.1, 0.15) is 27.2 Å². The molecular formula is C15H24O2. The Hall–Kier alpha value is -0.860. The molecule has 0 saturated carbocycles. The Morgan fingerprint density at radius 1 is 1.29 bits per heavy atom. The summed E-state index contributed by atoms with van der Waals surface area (Å²) in [5.74, 6) is 0.489. The molecule has 0 N–H and O–H groups in total. The smallest absolute Gasteiger partial charge is 0.0810 e. The molecule has 2 nitrogen and oxygen atoms in total. The van der Waals surface area contributed by atoms with Gasteiger partial charge in [0.1, 0.15) is 0 Å². The van der Waals surface area contributed by atoms with Crippen LogP contribution in [0.2, 0.25) is 0 Å². The Morgan fingerprint density at radius 2 is 2.06 bits per heavy atom. The van der Waals surface area contributed by atoms with Crippen molar-refractivity contribution >= 4 is 0 Å². The molecule has 1 saturated heterocycles. The van der Waals surface area contributed by atoms with Crippen LogP contribution >= 0.6 is 0 Å². The Bertz CT molecular complexity index is 302. The molecule has 3 atom stereocenters. The molecule has 0 aromatic rings. The summed E-state index contributed by atoms with van der Waals surface area (Å²) in [6, 6.07) is 0. The molecule has 1 aliphatic heterocycles. The second kappa shape index (κ2) is 7.46. The summed E-state index contributed by atoms with van der Waals surface area (Å²) in [4.78, 5) is 0. The van der Waals surface area contributed by atoms with Crippen molar-refractivity contribution in [3.63, 3.8) is 0 Å². The van der Waals surface area contributed by atoms with E-state index in [1.54, 1.807) is 7.11 Å². The van der Waals surface area contributed by atoms with Gasteiger partial charge in [0, 0.05) is 19.4 Å².